The van der Waals surface area contributed by atoms with E-state index in [2.05, 4.69) is 11.6 Å². The minimum absolute atomic E-state index is 0.00269. The molecule has 0 fully saturated rings. The summed E-state index contributed by atoms with van der Waals surface area (Å²) in [4.78, 5) is 42.7. The number of ether oxygens (including phenoxy) is 2. The molecule has 7 nitrogen and oxygen atoms in total. The Morgan fingerprint density at radius 1 is 1.17 bits per heavy atom. The number of hydrogen-bond donors (Lipinski definition) is 0. The van der Waals surface area contributed by atoms with Gasteiger partial charge in [-0.15, -0.1) is 0 Å². The highest BCUT2D eigenvalue weighted by atomic mass is 32.1. The highest BCUT2D eigenvalue weighted by Crippen LogP contribution is 2.31. The Labute approximate surface area is 203 Å². The zero-order valence-corrected chi connectivity index (χ0v) is 19.8. The molecule has 0 unspecified atom stereocenters. The van der Waals surface area contributed by atoms with Crippen molar-refractivity contribution in [1.82, 2.24) is 4.57 Å². The number of hydrogen-bond acceptors (Lipinski definition) is 7. The summed E-state index contributed by atoms with van der Waals surface area (Å²) in [6, 6.07) is 11.5. The summed E-state index contributed by atoms with van der Waals surface area (Å²) in [6.07, 6.45) is 3.10. The molecule has 35 heavy (non-hydrogen) atoms. The van der Waals surface area contributed by atoms with Crippen molar-refractivity contribution in [3.8, 4) is 5.75 Å². The second kappa shape index (κ2) is 10.0. The van der Waals surface area contributed by atoms with Crippen LogP contribution in [0.3, 0.4) is 0 Å². The van der Waals surface area contributed by atoms with E-state index in [1.54, 1.807) is 49.4 Å². The third kappa shape index (κ3) is 5.04. The summed E-state index contributed by atoms with van der Waals surface area (Å²) in [6.45, 7) is 6.55. The first-order chi connectivity index (χ1) is 16.8. The first kappa shape index (κ1) is 24.0. The molecule has 1 aromatic heterocycles. The maximum atomic E-state index is 13.5. The van der Waals surface area contributed by atoms with Gasteiger partial charge in [-0.25, -0.2) is 14.2 Å². The number of rotatable bonds is 6. The third-order valence-electron chi connectivity index (χ3n) is 5.20. The van der Waals surface area contributed by atoms with E-state index >= 15 is 0 Å². The quantitative estimate of drug-likeness (QED) is 0.300. The Balaban J connectivity index is 1.88. The number of fused-ring (bicyclic) bond motifs is 1. The van der Waals surface area contributed by atoms with Crippen LogP contribution < -0.4 is 19.6 Å². The van der Waals surface area contributed by atoms with Crippen molar-refractivity contribution in [2.24, 2.45) is 4.99 Å². The molecule has 1 aliphatic heterocycles. The Hall–Kier alpha value is -4.11. The van der Waals surface area contributed by atoms with Crippen LogP contribution in [-0.2, 0) is 14.3 Å². The Morgan fingerprint density at radius 2 is 1.86 bits per heavy atom. The van der Waals surface area contributed by atoms with Gasteiger partial charge in [0, 0.05) is 6.92 Å². The number of esters is 2. The van der Waals surface area contributed by atoms with Crippen LogP contribution in [0.4, 0.5) is 4.39 Å². The molecule has 0 saturated carbocycles. The van der Waals surface area contributed by atoms with E-state index in [-0.39, 0.29) is 23.6 Å². The molecule has 178 valence electrons. The molecule has 9 heteroatoms. The average Bonchev–Trinajstić information content (AvgIpc) is 3.12. The zero-order chi connectivity index (χ0) is 25.1. The summed E-state index contributed by atoms with van der Waals surface area (Å²) in [5, 5.41) is 0. The molecule has 0 amide bonds. The molecule has 4 rings (SSSR count). The van der Waals surface area contributed by atoms with Gasteiger partial charge in [0.2, 0.25) is 0 Å². The van der Waals surface area contributed by atoms with Crippen LogP contribution in [0, 0.1) is 5.82 Å². The third-order valence-corrected chi connectivity index (χ3v) is 6.18. The van der Waals surface area contributed by atoms with Crippen LogP contribution in [0.25, 0.3) is 6.08 Å². The monoisotopic (exact) mass is 492 g/mol. The molecule has 0 spiro atoms. The Kier molecular flexibility index (Phi) is 6.88. The van der Waals surface area contributed by atoms with Gasteiger partial charge < -0.3 is 9.47 Å². The number of thiazole rings is 1. The van der Waals surface area contributed by atoms with Gasteiger partial charge in [-0.05, 0) is 48.4 Å². The molecule has 1 aliphatic rings. The van der Waals surface area contributed by atoms with Gasteiger partial charge in [-0.2, -0.15) is 0 Å². The predicted octanol–water partition coefficient (Wildman–Crippen LogP) is 3.03. The Bertz CT molecular complexity index is 1520. The second-order valence-corrected chi connectivity index (χ2v) is 8.69. The SMILES string of the molecule is C=CCOC(=O)C1=C(C)N=c2s/c(=C\c3ccc(F)cc3)c(=O)n2[C@H]1c1ccc(OC(C)=O)cc1. The molecule has 1 atom stereocenters. The summed E-state index contributed by atoms with van der Waals surface area (Å²) in [5.41, 5.74) is 1.54. The smallest absolute Gasteiger partial charge is 0.338 e. The number of aromatic nitrogens is 1. The number of halogens is 1. The van der Waals surface area contributed by atoms with Crippen LogP contribution >= 0.6 is 11.3 Å². The summed E-state index contributed by atoms with van der Waals surface area (Å²) >= 11 is 1.17. The maximum Gasteiger partial charge on any atom is 0.338 e. The highest BCUT2D eigenvalue weighted by molar-refractivity contribution is 7.07. The topological polar surface area (TPSA) is 87.0 Å². The molecule has 0 saturated heterocycles. The second-order valence-electron chi connectivity index (χ2n) is 7.68. The summed E-state index contributed by atoms with van der Waals surface area (Å²) < 4.78 is 25.5. The summed E-state index contributed by atoms with van der Waals surface area (Å²) in [7, 11) is 0. The fraction of sp³-hybridized carbons (Fsp3) is 0.154. The van der Waals surface area contributed by atoms with Crippen molar-refractivity contribution in [2.75, 3.05) is 6.61 Å². The van der Waals surface area contributed by atoms with Crippen molar-refractivity contribution in [2.45, 2.75) is 19.9 Å². The van der Waals surface area contributed by atoms with Crippen molar-refractivity contribution in [3.63, 3.8) is 0 Å². The van der Waals surface area contributed by atoms with Crippen LogP contribution in [0.1, 0.15) is 31.0 Å². The van der Waals surface area contributed by atoms with E-state index < -0.39 is 18.0 Å². The normalized spacial score (nSPS) is 15.3. The number of carbonyl (C=O) groups excluding carboxylic acids is 2. The first-order valence-corrected chi connectivity index (χ1v) is 11.4. The number of nitrogens with zero attached hydrogens (tertiary/aromatic N) is 2. The van der Waals surface area contributed by atoms with E-state index in [4.69, 9.17) is 9.47 Å². The van der Waals surface area contributed by atoms with E-state index in [0.717, 1.165) is 0 Å². The first-order valence-electron chi connectivity index (χ1n) is 10.6. The van der Waals surface area contributed by atoms with E-state index in [0.29, 0.717) is 31.9 Å². The lowest BCUT2D eigenvalue weighted by Crippen LogP contribution is -2.39. The molecular formula is C26H21FN2O5S. The lowest BCUT2D eigenvalue weighted by atomic mass is 9.96. The minimum Gasteiger partial charge on any atom is -0.458 e. The van der Waals surface area contributed by atoms with Gasteiger partial charge >= 0.3 is 11.9 Å². The molecule has 0 N–H and O–H groups in total. The maximum absolute atomic E-state index is 13.5. The predicted molar refractivity (Wildman–Crippen MR) is 129 cm³/mol. The molecule has 3 aromatic rings. The number of allylic oxidation sites excluding steroid dienone is 1. The molecule has 2 heterocycles. The molecule has 0 bridgehead atoms. The molecular weight excluding hydrogens is 471 g/mol. The van der Waals surface area contributed by atoms with Crippen molar-refractivity contribution in [1.29, 1.82) is 0 Å². The fourth-order valence-corrected chi connectivity index (χ4v) is 4.75. The van der Waals surface area contributed by atoms with Crippen molar-refractivity contribution >= 4 is 29.4 Å². The van der Waals surface area contributed by atoms with Gasteiger partial charge in [0.05, 0.1) is 21.8 Å². The molecule has 0 radical (unpaired) electrons. The molecule has 2 aromatic carbocycles. The lowest BCUT2D eigenvalue weighted by Gasteiger charge is -2.24. The molecule has 0 aliphatic carbocycles. The average molecular weight is 493 g/mol. The fourth-order valence-electron chi connectivity index (χ4n) is 3.70. The lowest BCUT2D eigenvalue weighted by molar-refractivity contribution is -0.138. The van der Waals surface area contributed by atoms with E-state index in [1.165, 1.54) is 41.0 Å². The Morgan fingerprint density at radius 3 is 2.49 bits per heavy atom. The van der Waals surface area contributed by atoms with Gasteiger partial charge in [0.25, 0.3) is 5.56 Å². The van der Waals surface area contributed by atoms with Gasteiger partial charge in [-0.3, -0.25) is 14.2 Å². The summed E-state index contributed by atoms with van der Waals surface area (Å²) in [5.74, 6) is -1.12. The zero-order valence-electron chi connectivity index (χ0n) is 19.0. The standard InChI is InChI=1S/C26H21FN2O5S/c1-4-13-33-25(32)22-15(2)28-26-29(23(22)18-7-11-20(12-8-18)34-16(3)30)24(31)21(35-26)14-17-5-9-19(27)10-6-17/h4-12,14,23H,1,13H2,2-3H3/b21-14-/t23-/m0/s1. The van der Waals surface area contributed by atoms with Crippen molar-refractivity contribution in [3.05, 3.63) is 109 Å². The van der Waals surface area contributed by atoms with Gasteiger partial charge in [0.1, 0.15) is 18.2 Å². The highest BCUT2D eigenvalue weighted by Gasteiger charge is 2.33. The van der Waals surface area contributed by atoms with Crippen LogP contribution in [0.15, 0.2) is 82.2 Å². The van der Waals surface area contributed by atoms with Gasteiger partial charge in [0.15, 0.2) is 4.80 Å². The van der Waals surface area contributed by atoms with E-state index in [1.807, 2.05) is 0 Å². The number of carbonyl (C=O) groups is 2. The van der Waals surface area contributed by atoms with Crippen molar-refractivity contribution < 1.29 is 23.5 Å². The van der Waals surface area contributed by atoms with E-state index in [9.17, 15) is 18.8 Å². The number of benzene rings is 2. The van der Waals surface area contributed by atoms with Crippen LogP contribution in [0.5, 0.6) is 5.75 Å². The largest absolute Gasteiger partial charge is 0.458 e. The minimum atomic E-state index is -0.815. The van der Waals surface area contributed by atoms with Gasteiger partial charge in [-0.1, -0.05) is 48.3 Å². The van der Waals surface area contributed by atoms with Crippen LogP contribution in [-0.4, -0.2) is 23.1 Å². The van der Waals surface area contributed by atoms with Crippen LogP contribution in [0.2, 0.25) is 0 Å².